The highest BCUT2D eigenvalue weighted by atomic mass is 16.5. The lowest BCUT2D eigenvalue weighted by atomic mass is 10.0. The highest BCUT2D eigenvalue weighted by Crippen LogP contribution is 2.32. The zero-order valence-corrected chi connectivity index (χ0v) is 21.3. The summed E-state index contributed by atoms with van der Waals surface area (Å²) < 4.78 is 28.1. The highest BCUT2D eigenvalue weighted by molar-refractivity contribution is 6.27. The number of hydrogen-bond donors (Lipinski definition) is 3. The Kier molecular flexibility index (Phi) is 15.2. The fourth-order valence-corrected chi connectivity index (χ4v) is 3.22. The molecule has 3 N–H and O–H groups in total. The van der Waals surface area contributed by atoms with Crippen LogP contribution in [0, 0.1) is 0 Å². The number of methoxy groups -OCH3 is 2. The number of carbonyl (C=O) groups is 2. The van der Waals surface area contributed by atoms with Crippen LogP contribution >= 0.6 is 0 Å². The lowest BCUT2D eigenvalue weighted by Crippen LogP contribution is -2.22. The summed E-state index contributed by atoms with van der Waals surface area (Å²) in [5.74, 6) is -0.628. The Bertz CT molecular complexity index is 908. The van der Waals surface area contributed by atoms with Gasteiger partial charge in [-0.05, 0) is 63.1 Å². The van der Waals surface area contributed by atoms with Crippen LogP contribution in [0.3, 0.4) is 0 Å². The molecule has 0 bridgehead atoms. The molecule has 0 heterocycles. The molecule has 0 aliphatic heterocycles. The van der Waals surface area contributed by atoms with Crippen LogP contribution in [0.5, 0.6) is 23.0 Å². The topological polar surface area (TPSA) is 133 Å². The normalized spacial score (nSPS) is 11.0. The molecule has 1 unspecified atom stereocenters. The van der Waals surface area contributed by atoms with E-state index in [1.165, 1.54) is 0 Å². The van der Waals surface area contributed by atoms with Crippen molar-refractivity contribution in [3.63, 3.8) is 0 Å². The van der Waals surface area contributed by atoms with E-state index in [9.17, 15) is 0 Å². The summed E-state index contributed by atoms with van der Waals surface area (Å²) in [7, 11) is 3.29. The number of carboxylic acid groups (broad SMARTS) is 2. The number of benzene rings is 2. The van der Waals surface area contributed by atoms with E-state index in [1.54, 1.807) is 14.2 Å². The predicted octanol–water partition coefficient (Wildman–Crippen LogP) is 3.78. The summed E-state index contributed by atoms with van der Waals surface area (Å²) in [6.07, 6.45) is 1.95. The van der Waals surface area contributed by atoms with Gasteiger partial charge >= 0.3 is 11.9 Å². The smallest absolute Gasteiger partial charge is 0.414 e. The van der Waals surface area contributed by atoms with Crippen LogP contribution in [0.1, 0.15) is 38.4 Å². The maximum atomic E-state index is 9.10. The first kappa shape index (κ1) is 30.5. The van der Waals surface area contributed by atoms with Crippen molar-refractivity contribution in [3.05, 3.63) is 48.0 Å². The molecule has 2 rings (SSSR count). The van der Waals surface area contributed by atoms with E-state index in [-0.39, 0.29) is 6.10 Å². The first-order valence-electron chi connectivity index (χ1n) is 11.7. The average Bonchev–Trinajstić information content (AvgIpc) is 2.88. The third-order valence-corrected chi connectivity index (χ3v) is 4.84. The van der Waals surface area contributed by atoms with Gasteiger partial charge in [-0.2, -0.15) is 0 Å². The zero-order chi connectivity index (χ0) is 26.8. The van der Waals surface area contributed by atoms with E-state index in [0.29, 0.717) is 19.8 Å². The standard InChI is InChI=1S/C24H35NO5.C2H2O4/c1-5-28-20(19-13-14-21(26-3)24(18-19)27-4)12-9-15-25-16-17-30-23-11-8-7-10-22(23)29-6-2;3-1(4)2(5)6/h7-8,10-11,13-14,18,20,25H,5-6,9,12,15-17H2,1-4H3;(H,3,4)(H,5,6). The number of rotatable bonds is 15. The fourth-order valence-electron chi connectivity index (χ4n) is 3.22. The maximum Gasteiger partial charge on any atom is 0.414 e. The number of aliphatic carboxylic acids is 2. The first-order valence-corrected chi connectivity index (χ1v) is 11.7. The predicted molar refractivity (Wildman–Crippen MR) is 134 cm³/mol. The van der Waals surface area contributed by atoms with Crippen molar-refractivity contribution in [3.8, 4) is 23.0 Å². The second-order valence-corrected chi connectivity index (χ2v) is 7.29. The van der Waals surface area contributed by atoms with Gasteiger partial charge in [-0.25, -0.2) is 9.59 Å². The Labute approximate surface area is 212 Å². The van der Waals surface area contributed by atoms with E-state index in [1.807, 2.05) is 56.3 Å². The molecular formula is C26H37NO9. The maximum absolute atomic E-state index is 9.10. The Morgan fingerprint density at radius 3 is 2.03 bits per heavy atom. The third kappa shape index (κ3) is 11.3. The molecule has 0 radical (unpaired) electrons. The van der Waals surface area contributed by atoms with Gasteiger partial charge in [0.1, 0.15) is 6.61 Å². The van der Waals surface area contributed by atoms with Crippen molar-refractivity contribution >= 4 is 11.9 Å². The van der Waals surface area contributed by atoms with Crippen molar-refractivity contribution in [2.75, 3.05) is 47.1 Å². The average molecular weight is 508 g/mol. The minimum Gasteiger partial charge on any atom is -0.493 e. The van der Waals surface area contributed by atoms with Crippen LogP contribution in [0.2, 0.25) is 0 Å². The number of ether oxygens (including phenoxy) is 5. The van der Waals surface area contributed by atoms with Gasteiger partial charge in [-0.1, -0.05) is 18.2 Å². The van der Waals surface area contributed by atoms with Crippen LogP contribution in [-0.2, 0) is 14.3 Å². The molecule has 200 valence electrons. The van der Waals surface area contributed by atoms with Gasteiger partial charge in [0.2, 0.25) is 0 Å². The third-order valence-electron chi connectivity index (χ3n) is 4.84. The molecule has 2 aromatic carbocycles. The van der Waals surface area contributed by atoms with Crippen LogP contribution in [0.15, 0.2) is 42.5 Å². The molecule has 0 aliphatic carbocycles. The van der Waals surface area contributed by atoms with Crippen LogP contribution < -0.4 is 24.3 Å². The molecule has 0 aliphatic rings. The van der Waals surface area contributed by atoms with Gasteiger partial charge in [0.15, 0.2) is 23.0 Å². The lowest BCUT2D eigenvalue weighted by molar-refractivity contribution is -0.159. The molecule has 0 saturated carbocycles. The molecule has 0 amide bonds. The van der Waals surface area contributed by atoms with E-state index >= 15 is 0 Å². The molecule has 0 saturated heterocycles. The van der Waals surface area contributed by atoms with Gasteiger partial charge in [0, 0.05) is 13.2 Å². The SMILES string of the molecule is CCOc1ccccc1OCCNCCCC(OCC)c1ccc(OC)c(OC)c1.O=C(O)C(=O)O. The number of hydrogen-bond acceptors (Lipinski definition) is 8. The Balaban J connectivity index is 0.000000960. The lowest BCUT2D eigenvalue weighted by Gasteiger charge is -2.19. The highest BCUT2D eigenvalue weighted by Gasteiger charge is 2.14. The van der Waals surface area contributed by atoms with Crippen molar-refractivity contribution in [1.29, 1.82) is 0 Å². The van der Waals surface area contributed by atoms with E-state index in [2.05, 4.69) is 5.32 Å². The Morgan fingerprint density at radius 1 is 0.833 bits per heavy atom. The second kappa shape index (κ2) is 17.9. The summed E-state index contributed by atoms with van der Waals surface area (Å²) in [4.78, 5) is 18.2. The molecule has 10 heteroatoms. The summed E-state index contributed by atoms with van der Waals surface area (Å²) in [6.45, 7) is 7.54. The van der Waals surface area contributed by atoms with Crippen molar-refractivity contribution < 1.29 is 43.5 Å². The van der Waals surface area contributed by atoms with Gasteiger partial charge in [0.25, 0.3) is 0 Å². The van der Waals surface area contributed by atoms with Crippen molar-refractivity contribution in [1.82, 2.24) is 5.32 Å². The van der Waals surface area contributed by atoms with Gasteiger partial charge in [-0.3, -0.25) is 0 Å². The van der Waals surface area contributed by atoms with E-state index in [4.69, 9.17) is 43.5 Å². The Morgan fingerprint density at radius 2 is 1.47 bits per heavy atom. The summed E-state index contributed by atoms with van der Waals surface area (Å²) in [5.41, 5.74) is 1.10. The largest absolute Gasteiger partial charge is 0.493 e. The number of para-hydroxylation sites is 2. The minimum atomic E-state index is -1.82. The second-order valence-electron chi connectivity index (χ2n) is 7.29. The monoisotopic (exact) mass is 507 g/mol. The van der Waals surface area contributed by atoms with Crippen LogP contribution in [-0.4, -0.2) is 69.3 Å². The quantitative estimate of drug-likeness (QED) is 0.242. The molecule has 2 aromatic rings. The van der Waals surface area contributed by atoms with Crippen LogP contribution in [0.25, 0.3) is 0 Å². The minimum absolute atomic E-state index is 0.0333. The van der Waals surface area contributed by atoms with E-state index in [0.717, 1.165) is 54.5 Å². The van der Waals surface area contributed by atoms with E-state index < -0.39 is 11.9 Å². The van der Waals surface area contributed by atoms with Crippen molar-refractivity contribution in [2.24, 2.45) is 0 Å². The zero-order valence-electron chi connectivity index (χ0n) is 21.3. The van der Waals surface area contributed by atoms with Gasteiger partial charge in [0.05, 0.1) is 26.9 Å². The molecule has 1 atom stereocenters. The van der Waals surface area contributed by atoms with Crippen LogP contribution in [0.4, 0.5) is 0 Å². The summed E-state index contributed by atoms with van der Waals surface area (Å²) in [5, 5.41) is 18.2. The Hall–Kier alpha value is -3.50. The molecule has 0 spiro atoms. The van der Waals surface area contributed by atoms with Crippen molar-refractivity contribution in [2.45, 2.75) is 32.8 Å². The van der Waals surface area contributed by atoms with Gasteiger partial charge < -0.3 is 39.2 Å². The van der Waals surface area contributed by atoms with Gasteiger partial charge in [-0.15, -0.1) is 0 Å². The summed E-state index contributed by atoms with van der Waals surface area (Å²) in [6, 6.07) is 13.7. The number of carboxylic acids is 2. The molecule has 10 nitrogen and oxygen atoms in total. The molecule has 0 fully saturated rings. The molecular weight excluding hydrogens is 470 g/mol. The number of nitrogens with one attached hydrogen (secondary N) is 1. The molecule has 0 aromatic heterocycles. The summed E-state index contributed by atoms with van der Waals surface area (Å²) >= 11 is 0. The fraction of sp³-hybridized carbons (Fsp3) is 0.462. The molecule has 36 heavy (non-hydrogen) atoms. The first-order chi connectivity index (χ1) is 17.4.